The summed E-state index contributed by atoms with van der Waals surface area (Å²) in [5.74, 6) is 0.698. The van der Waals surface area contributed by atoms with E-state index >= 15 is 0 Å². The molecule has 1 N–H and O–H groups in total. The minimum Gasteiger partial charge on any atom is -0.369 e. The quantitative estimate of drug-likeness (QED) is 0.843. The highest BCUT2D eigenvalue weighted by Gasteiger charge is 2.03. The van der Waals surface area contributed by atoms with Crippen LogP contribution in [0.5, 0.6) is 0 Å². The molecule has 0 amide bonds. The first-order valence-electron chi connectivity index (χ1n) is 5.31. The van der Waals surface area contributed by atoms with Gasteiger partial charge in [-0.15, -0.1) is 0 Å². The van der Waals surface area contributed by atoms with Crippen LogP contribution in [0.3, 0.4) is 0 Å². The number of halogens is 3. The highest BCUT2D eigenvalue weighted by atomic mass is 79.9. The van der Waals surface area contributed by atoms with Crippen molar-refractivity contribution in [1.29, 1.82) is 0 Å². The minimum atomic E-state index is 0.229. The summed E-state index contributed by atoms with van der Waals surface area (Å²) < 4.78 is 0.794. The van der Waals surface area contributed by atoms with Crippen molar-refractivity contribution < 1.29 is 0 Å². The number of aromatic nitrogens is 2. The van der Waals surface area contributed by atoms with Gasteiger partial charge in [0.15, 0.2) is 0 Å². The van der Waals surface area contributed by atoms with E-state index in [1.165, 1.54) is 5.56 Å². The molecule has 0 saturated carbocycles. The summed E-state index contributed by atoms with van der Waals surface area (Å²) in [4.78, 5) is 7.96. The molecule has 6 heteroatoms. The fourth-order valence-electron chi connectivity index (χ4n) is 1.45. The number of hydrogen-bond acceptors (Lipinski definition) is 3. The Kier molecular flexibility index (Phi) is 4.80. The number of nitrogens with zero attached hydrogens (tertiary/aromatic N) is 2. The molecule has 2 aromatic rings. The second-order valence-electron chi connectivity index (χ2n) is 3.64. The van der Waals surface area contributed by atoms with Gasteiger partial charge in [-0.2, -0.15) is 4.98 Å². The lowest BCUT2D eigenvalue weighted by molar-refractivity contribution is 0.996. The molecule has 1 aromatic heterocycles. The average molecular weight is 347 g/mol. The molecule has 1 aromatic carbocycles. The van der Waals surface area contributed by atoms with E-state index in [0.29, 0.717) is 5.82 Å². The summed E-state index contributed by atoms with van der Waals surface area (Å²) in [6, 6.07) is 7.78. The van der Waals surface area contributed by atoms with Crippen molar-refractivity contribution >= 4 is 44.9 Å². The van der Waals surface area contributed by atoms with E-state index in [4.69, 9.17) is 23.2 Å². The lowest BCUT2D eigenvalue weighted by atomic mass is 10.1. The first-order valence-corrected chi connectivity index (χ1v) is 6.86. The Morgan fingerprint density at radius 3 is 2.61 bits per heavy atom. The fraction of sp³-hybridized carbons (Fsp3) is 0.167. The smallest absolute Gasteiger partial charge is 0.224 e. The molecule has 0 bridgehead atoms. The maximum Gasteiger partial charge on any atom is 0.224 e. The average Bonchev–Trinajstić information content (AvgIpc) is 2.36. The Morgan fingerprint density at radius 1 is 1.17 bits per heavy atom. The SMILES string of the molecule is Clc1ccc(CCNc2nc(Cl)ncc2Br)cc1. The van der Waals surface area contributed by atoms with Crippen LogP contribution < -0.4 is 5.32 Å². The number of rotatable bonds is 4. The normalized spacial score (nSPS) is 10.4. The third-order valence-corrected chi connectivity index (χ3v) is 3.35. The van der Waals surface area contributed by atoms with Gasteiger partial charge in [0.25, 0.3) is 0 Å². The van der Waals surface area contributed by atoms with Gasteiger partial charge in [-0.1, -0.05) is 23.7 Å². The summed E-state index contributed by atoms with van der Waals surface area (Å²) >= 11 is 14.9. The molecule has 0 spiro atoms. The first-order chi connectivity index (χ1) is 8.65. The molecule has 0 saturated heterocycles. The molecule has 0 aliphatic rings. The minimum absolute atomic E-state index is 0.229. The first kappa shape index (κ1) is 13.6. The van der Waals surface area contributed by atoms with Crippen LogP contribution in [0.1, 0.15) is 5.56 Å². The van der Waals surface area contributed by atoms with Gasteiger partial charge in [0.05, 0.1) is 4.47 Å². The van der Waals surface area contributed by atoms with Crippen molar-refractivity contribution in [2.75, 3.05) is 11.9 Å². The van der Waals surface area contributed by atoms with Crippen molar-refractivity contribution in [3.63, 3.8) is 0 Å². The number of nitrogens with one attached hydrogen (secondary N) is 1. The zero-order chi connectivity index (χ0) is 13.0. The maximum absolute atomic E-state index is 5.83. The number of benzene rings is 1. The van der Waals surface area contributed by atoms with Gasteiger partial charge in [-0.05, 0) is 51.6 Å². The van der Waals surface area contributed by atoms with Gasteiger partial charge < -0.3 is 5.32 Å². The van der Waals surface area contributed by atoms with Crippen LogP contribution in [0.2, 0.25) is 10.3 Å². The number of hydrogen-bond donors (Lipinski definition) is 1. The van der Waals surface area contributed by atoms with Crippen LogP contribution in [-0.2, 0) is 6.42 Å². The van der Waals surface area contributed by atoms with Gasteiger partial charge in [0.1, 0.15) is 5.82 Å². The van der Waals surface area contributed by atoms with Crippen molar-refractivity contribution in [2.45, 2.75) is 6.42 Å². The molecule has 94 valence electrons. The summed E-state index contributed by atoms with van der Waals surface area (Å²) in [7, 11) is 0. The predicted molar refractivity (Wildman–Crippen MR) is 78.4 cm³/mol. The molecule has 0 fully saturated rings. The Morgan fingerprint density at radius 2 is 1.89 bits per heavy atom. The standard InChI is InChI=1S/C12H10BrCl2N3/c13-10-7-17-12(15)18-11(10)16-6-5-8-1-3-9(14)4-2-8/h1-4,7H,5-6H2,(H,16,17,18). The van der Waals surface area contributed by atoms with Gasteiger partial charge in [-0.25, -0.2) is 4.98 Å². The largest absolute Gasteiger partial charge is 0.369 e. The van der Waals surface area contributed by atoms with E-state index in [9.17, 15) is 0 Å². The summed E-state index contributed by atoms with van der Waals surface area (Å²) in [6.45, 7) is 0.758. The molecule has 2 rings (SSSR count). The third-order valence-electron chi connectivity index (χ3n) is 2.33. The monoisotopic (exact) mass is 345 g/mol. The second-order valence-corrected chi connectivity index (χ2v) is 5.27. The maximum atomic E-state index is 5.83. The lowest BCUT2D eigenvalue weighted by Crippen LogP contribution is -2.07. The zero-order valence-electron chi connectivity index (χ0n) is 9.33. The van der Waals surface area contributed by atoms with E-state index in [-0.39, 0.29) is 5.28 Å². The molecular formula is C12H10BrCl2N3. The molecule has 3 nitrogen and oxygen atoms in total. The van der Waals surface area contributed by atoms with Crippen molar-refractivity contribution in [1.82, 2.24) is 9.97 Å². The molecule has 18 heavy (non-hydrogen) atoms. The summed E-state index contributed by atoms with van der Waals surface area (Å²) in [6.07, 6.45) is 2.51. The molecule has 0 aliphatic heterocycles. The molecule has 0 unspecified atom stereocenters. The van der Waals surface area contributed by atoms with Crippen molar-refractivity contribution in [3.8, 4) is 0 Å². The van der Waals surface area contributed by atoms with Gasteiger partial charge in [0, 0.05) is 17.8 Å². The summed E-state index contributed by atoms with van der Waals surface area (Å²) in [5, 5.41) is 4.18. The van der Waals surface area contributed by atoms with Crippen LogP contribution >= 0.6 is 39.1 Å². The number of anilines is 1. The van der Waals surface area contributed by atoms with Crippen molar-refractivity contribution in [2.24, 2.45) is 0 Å². The Hall–Kier alpha value is -0.840. The second kappa shape index (κ2) is 6.36. The summed E-state index contributed by atoms with van der Waals surface area (Å²) in [5.41, 5.74) is 1.21. The van der Waals surface area contributed by atoms with E-state index in [1.54, 1.807) is 6.20 Å². The molecule has 1 heterocycles. The Labute approximate surface area is 124 Å². The van der Waals surface area contributed by atoms with E-state index in [2.05, 4.69) is 31.2 Å². The van der Waals surface area contributed by atoms with E-state index in [1.807, 2.05) is 24.3 Å². The molecular weight excluding hydrogens is 337 g/mol. The fourth-order valence-corrected chi connectivity index (χ4v) is 2.04. The molecule has 0 aliphatic carbocycles. The topological polar surface area (TPSA) is 37.8 Å². The van der Waals surface area contributed by atoms with Crippen LogP contribution in [0.25, 0.3) is 0 Å². The van der Waals surface area contributed by atoms with Crippen LogP contribution in [0.4, 0.5) is 5.82 Å². The predicted octanol–water partition coefficient (Wildman–Crippen LogP) is 4.20. The highest BCUT2D eigenvalue weighted by molar-refractivity contribution is 9.10. The van der Waals surface area contributed by atoms with Crippen LogP contribution in [-0.4, -0.2) is 16.5 Å². The Bertz CT molecular complexity index is 531. The van der Waals surface area contributed by atoms with Gasteiger partial charge in [0.2, 0.25) is 5.28 Å². The van der Waals surface area contributed by atoms with E-state index < -0.39 is 0 Å². The third kappa shape index (κ3) is 3.83. The van der Waals surface area contributed by atoms with E-state index in [0.717, 1.165) is 22.5 Å². The zero-order valence-corrected chi connectivity index (χ0v) is 12.4. The van der Waals surface area contributed by atoms with Crippen LogP contribution in [0, 0.1) is 0 Å². The molecule has 0 radical (unpaired) electrons. The van der Waals surface area contributed by atoms with Crippen LogP contribution in [0.15, 0.2) is 34.9 Å². The highest BCUT2D eigenvalue weighted by Crippen LogP contribution is 2.20. The molecule has 0 atom stereocenters. The van der Waals surface area contributed by atoms with Gasteiger partial charge >= 0.3 is 0 Å². The Balaban J connectivity index is 1.92. The lowest BCUT2D eigenvalue weighted by Gasteiger charge is -2.07. The van der Waals surface area contributed by atoms with Crippen molar-refractivity contribution in [3.05, 3.63) is 50.8 Å². The van der Waals surface area contributed by atoms with Gasteiger partial charge in [-0.3, -0.25) is 0 Å².